The topological polar surface area (TPSA) is 119 Å². The molecular formula is C53H53ClF7N3O7S. The Morgan fingerprint density at radius 2 is 0.861 bits per heavy atom. The number of aromatic nitrogens is 3. The summed E-state index contributed by atoms with van der Waals surface area (Å²) in [6.45, 7) is 9.54. The van der Waals surface area contributed by atoms with Crippen molar-refractivity contribution in [1.29, 1.82) is 0 Å². The molecule has 9 rings (SSSR count). The Kier molecular flexibility index (Phi) is 20.3. The van der Waals surface area contributed by atoms with Gasteiger partial charge in [0.1, 0.15) is 40.1 Å². The van der Waals surface area contributed by atoms with Crippen molar-refractivity contribution in [2.45, 2.75) is 98.9 Å². The van der Waals surface area contributed by atoms with Crippen molar-refractivity contribution in [1.82, 2.24) is 15.0 Å². The maximum Gasteiger partial charge on any atom is 0.357 e. The van der Waals surface area contributed by atoms with Gasteiger partial charge in [-0.2, -0.15) is 3.89 Å². The summed E-state index contributed by atoms with van der Waals surface area (Å²) in [6, 6.07) is 14.8. The zero-order chi connectivity index (χ0) is 51.5. The van der Waals surface area contributed by atoms with Gasteiger partial charge in [0, 0.05) is 70.0 Å². The smallest absolute Gasteiger partial charge is 0.357 e. The number of nitrogens with zero attached hydrogens (tertiary/aromatic N) is 3. The number of pyridine rings is 3. The molecule has 0 saturated carbocycles. The lowest BCUT2D eigenvalue weighted by Crippen LogP contribution is -2.22. The molecule has 10 nitrogen and oxygen atoms in total. The molecule has 0 N–H and O–H groups in total. The predicted octanol–water partition coefficient (Wildman–Crippen LogP) is 14.1. The molecule has 1 unspecified atom stereocenters. The highest BCUT2D eigenvalue weighted by molar-refractivity contribution is 7.93. The number of ether oxygens (including phenoxy) is 5. The Morgan fingerprint density at radius 1 is 0.556 bits per heavy atom. The van der Waals surface area contributed by atoms with E-state index in [0.29, 0.717) is 63.9 Å². The molecule has 19 heteroatoms. The highest BCUT2D eigenvalue weighted by atomic mass is 35.5. The summed E-state index contributed by atoms with van der Waals surface area (Å²) in [4.78, 5) is 36.7. The van der Waals surface area contributed by atoms with Crippen LogP contribution in [0.25, 0.3) is 33.4 Å². The minimum Gasteiger partial charge on any atom is -0.474 e. The van der Waals surface area contributed by atoms with Crippen LogP contribution in [0.3, 0.4) is 0 Å². The van der Waals surface area contributed by atoms with E-state index in [1.807, 2.05) is 20.8 Å². The Bertz CT molecular complexity index is 2760. The fraction of sp³-hybridized carbons (Fsp3) is 0.340. The molecule has 0 bridgehead atoms. The van der Waals surface area contributed by atoms with Crippen LogP contribution in [0.4, 0.5) is 30.2 Å². The summed E-state index contributed by atoms with van der Waals surface area (Å²) in [5, 5.41) is 0.233. The summed E-state index contributed by atoms with van der Waals surface area (Å²) in [7, 11) is 0. The highest BCUT2D eigenvalue weighted by Crippen LogP contribution is 2.40. The van der Waals surface area contributed by atoms with Crippen molar-refractivity contribution >= 4 is 35.7 Å². The number of fused-ring (bicyclic) bond motifs is 3. The standard InChI is InChI=1S/2C18H17F2NO3.C15H12ClF2NO.CH3FS.CH4/c2*1-3-23-18(22)16-9-14(12-7-5-11(19)8-15(12)20)13-6-4-10(2)24-17(13)21-16;1-8-2-4-11-12(7-14(16)19-15(11)20-8)10-5-3-9(17)6-13(10)18;1-3-2;/h2*5,7-10H,3-4,6H2,1-2H3;3,5-8H,2,4H2,1H3;1H3;1H4/t2*10-;;;/m10.../s1. The van der Waals surface area contributed by atoms with Gasteiger partial charge in [0.2, 0.25) is 17.6 Å². The lowest BCUT2D eigenvalue weighted by molar-refractivity contribution is 0.0508. The third kappa shape index (κ3) is 14.0. The molecule has 0 aliphatic carbocycles. The molecule has 0 radical (unpaired) electrons. The van der Waals surface area contributed by atoms with Gasteiger partial charge in [-0.1, -0.05) is 19.0 Å². The van der Waals surface area contributed by atoms with Gasteiger partial charge in [-0.25, -0.2) is 50.9 Å². The normalized spacial score (nSPS) is 15.9. The molecular weight excluding hydrogens is 991 g/mol. The third-order valence-electron chi connectivity index (χ3n) is 11.2. The maximum absolute atomic E-state index is 14.2. The first-order chi connectivity index (χ1) is 33.9. The van der Waals surface area contributed by atoms with Gasteiger partial charge in [0.05, 0.1) is 31.5 Å². The molecule has 0 spiro atoms. The number of carbonyl (C=O) groups is 2. The number of esters is 2. The lowest BCUT2D eigenvalue weighted by atomic mass is 9.94. The molecule has 3 aliphatic rings. The van der Waals surface area contributed by atoms with Crippen LogP contribution in [-0.4, -0.2) is 64.7 Å². The van der Waals surface area contributed by atoms with E-state index in [4.69, 9.17) is 35.3 Å². The van der Waals surface area contributed by atoms with Crippen LogP contribution in [0.2, 0.25) is 5.15 Å². The van der Waals surface area contributed by atoms with Gasteiger partial charge in [-0.05, 0) is 144 Å². The quantitative estimate of drug-likeness (QED) is 0.0864. The Hall–Kier alpha value is -6.40. The molecule has 0 amide bonds. The second-order valence-electron chi connectivity index (χ2n) is 16.3. The van der Waals surface area contributed by atoms with E-state index in [9.17, 15) is 39.8 Å². The van der Waals surface area contributed by atoms with Crippen LogP contribution in [0, 0.1) is 34.9 Å². The number of benzene rings is 3. The molecule has 6 heterocycles. The van der Waals surface area contributed by atoms with E-state index in [0.717, 1.165) is 49.4 Å². The molecule has 384 valence electrons. The largest absolute Gasteiger partial charge is 0.474 e. The van der Waals surface area contributed by atoms with E-state index in [1.54, 1.807) is 19.9 Å². The summed E-state index contributed by atoms with van der Waals surface area (Å²) < 4.78 is 119. The molecule has 3 aromatic heterocycles. The summed E-state index contributed by atoms with van der Waals surface area (Å²) in [5.74, 6) is -4.10. The summed E-state index contributed by atoms with van der Waals surface area (Å²) in [6.07, 6.45) is 5.67. The molecule has 0 saturated heterocycles. The number of rotatable bonds is 7. The van der Waals surface area contributed by atoms with E-state index >= 15 is 0 Å². The maximum atomic E-state index is 14.2. The Morgan fingerprint density at radius 3 is 1.17 bits per heavy atom. The van der Waals surface area contributed by atoms with Gasteiger partial charge in [-0.3, -0.25) is 0 Å². The molecule has 3 aliphatic heterocycles. The SMILES string of the molecule is C.CC1CCc2c(-c3ccc(F)cc3F)cc(Cl)nc2O1.CCOC(=O)c1cc(-c2ccc(F)cc2F)c2c(n1)O[C@@H](C)CC2.CCOC(=O)c1cc(-c2ccc(F)cc2F)c2c(n1)O[C@H](C)CC2.CSF. The number of halogens is 8. The average Bonchev–Trinajstić information content (AvgIpc) is 3.31. The van der Waals surface area contributed by atoms with E-state index < -0.39 is 46.8 Å². The minimum atomic E-state index is -0.697. The zero-order valence-corrected chi connectivity index (χ0v) is 41.0. The molecule has 72 heavy (non-hydrogen) atoms. The van der Waals surface area contributed by atoms with Gasteiger partial charge in [-0.15, -0.1) is 0 Å². The van der Waals surface area contributed by atoms with Crippen molar-refractivity contribution < 1.29 is 63.5 Å². The first-order valence-corrected chi connectivity index (χ1v) is 24.1. The monoisotopic (exact) mass is 1040 g/mol. The van der Waals surface area contributed by atoms with Crippen molar-refractivity contribution in [2.75, 3.05) is 19.5 Å². The number of carbonyl (C=O) groups excluding carboxylic acids is 2. The van der Waals surface area contributed by atoms with Gasteiger partial charge >= 0.3 is 11.9 Å². The number of hydrogen-bond donors (Lipinski definition) is 0. The minimum absolute atomic E-state index is 0. The van der Waals surface area contributed by atoms with E-state index in [1.165, 1.54) is 54.8 Å². The van der Waals surface area contributed by atoms with Crippen molar-refractivity contribution in [3.8, 4) is 51.0 Å². The van der Waals surface area contributed by atoms with E-state index in [-0.39, 0.29) is 78.8 Å². The first-order valence-electron chi connectivity index (χ1n) is 22.6. The average molecular weight is 1040 g/mol. The van der Waals surface area contributed by atoms with Crippen molar-refractivity contribution in [3.05, 3.63) is 141 Å². The molecule has 3 atom stereocenters. The fourth-order valence-corrected chi connectivity index (χ4v) is 8.07. The fourth-order valence-electron chi connectivity index (χ4n) is 7.89. The second kappa shape index (κ2) is 25.8. The highest BCUT2D eigenvalue weighted by Gasteiger charge is 2.28. The van der Waals surface area contributed by atoms with E-state index in [2.05, 4.69) is 15.0 Å². The molecule has 3 aromatic carbocycles. The van der Waals surface area contributed by atoms with Gasteiger partial charge in [0.25, 0.3) is 0 Å². The van der Waals surface area contributed by atoms with Gasteiger partial charge in [0.15, 0.2) is 11.4 Å². The van der Waals surface area contributed by atoms with Crippen LogP contribution >= 0.6 is 23.7 Å². The van der Waals surface area contributed by atoms with Crippen molar-refractivity contribution in [2.24, 2.45) is 0 Å². The third-order valence-corrected chi connectivity index (χ3v) is 11.4. The second-order valence-corrected chi connectivity index (χ2v) is 17.0. The van der Waals surface area contributed by atoms with Crippen LogP contribution < -0.4 is 14.2 Å². The Labute approximate surface area is 422 Å². The van der Waals surface area contributed by atoms with Crippen molar-refractivity contribution in [3.63, 3.8) is 0 Å². The van der Waals surface area contributed by atoms with Crippen LogP contribution in [0.1, 0.15) is 99.0 Å². The Balaban J connectivity index is 0.000000194. The molecule has 6 aromatic rings. The van der Waals surface area contributed by atoms with Gasteiger partial charge < -0.3 is 23.7 Å². The van der Waals surface area contributed by atoms with Crippen LogP contribution in [-0.2, 0) is 28.7 Å². The summed E-state index contributed by atoms with van der Waals surface area (Å²) >= 11 is 6.23. The molecule has 0 fully saturated rings. The van der Waals surface area contributed by atoms with Crippen LogP contribution in [0.15, 0.2) is 72.8 Å². The summed E-state index contributed by atoms with van der Waals surface area (Å²) in [5.41, 5.74) is 4.63. The van der Waals surface area contributed by atoms with Crippen LogP contribution in [0.5, 0.6) is 17.6 Å². The predicted molar refractivity (Wildman–Crippen MR) is 262 cm³/mol. The zero-order valence-electron chi connectivity index (χ0n) is 39.4. The first kappa shape index (κ1) is 56.5. The lowest BCUT2D eigenvalue weighted by Gasteiger charge is -2.25. The number of hydrogen-bond acceptors (Lipinski definition) is 11.